The average molecular weight is 183 g/mol. The van der Waals surface area contributed by atoms with Crippen LogP contribution in [0.2, 0.25) is 5.28 Å². The number of rotatable bonds is 1. The molecule has 0 N–H and O–H groups in total. The maximum atomic E-state index is 5.70. The van der Waals surface area contributed by atoms with Crippen LogP contribution in [0.1, 0.15) is 37.3 Å². The summed E-state index contributed by atoms with van der Waals surface area (Å²) >= 11 is 5.70. The van der Waals surface area contributed by atoms with Gasteiger partial charge in [-0.25, -0.2) is 9.97 Å². The predicted octanol–water partition coefficient (Wildman–Crippen LogP) is 2.79. The number of halogens is 1. The SMILES string of the molecule is Clc1nccc(C2CCCC2)n1. The van der Waals surface area contributed by atoms with Crippen LogP contribution in [0.15, 0.2) is 12.3 Å². The third kappa shape index (κ3) is 1.58. The molecule has 1 fully saturated rings. The van der Waals surface area contributed by atoms with E-state index in [2.05, 4.69) is 9.97 Å². The Morgan fingerprint density at radius 3 is 2.75 bits per heavy atom. The molecule has 2 nitrogen and oxygen atoms in total. The lowest BCUT2D eigenvalue weighted by atomic mass is 10.0. The first-order chi connectivity index (χ1) is 5.86. The van der Waals surface area contributed by atoms with Gasteiger partial charge in [0, 0.05) is 17.8 Å². The van der Waals surface area contributed by atoms with E-state index in [9.17, 15) is 0 Å². The lowest BCUT2D eigenvalue weighted by Crippen LogP contribution is -1.96. The first kappa shape index (κ1) is 7.99. The second kappa shape index (κ2) is 3.40. The zero-order valence-electron chi connectivity index (χ0n) is 6.83. The molecule has 1 aliphatic carbocycles. The smallest absolute Gasteiger partial charge is 0.222 e. The number of aromatic nitrogens is 2. The molecule has 0 aliphatic heterocycles. The largest absolute Gasteiger partial charge is 0.227 e. The van der Waals surface area contributed by atoms with Crippen molar-refractivity contribution in [1.29, 1.82) is 0 Å². The normalized spacial score (nSPS) is 18.4. The molecular weight excluding hydrogens is 172 g/mol. The van der Waals surface area contributed by atoms with Gasteiger partial charge in [0.05, 0.1) is 0 Å². The van der Waals surface area contributed by atoms with E-state index < -0.39 is 0 Å². The van der Waals surface area contributed by atoms with Crippen molar-refractivity contribution in [3.8, 4) is 0 Å². The highest BCUT2D eigenvalue weighted by Gasteiger charge is 2.18. The van der Waals surface area contributed by atoms with Crippen LogP contribution in [-0.4, -0.2) is 9.97 Å². The van der Waals surface area contributed by atoms with E-state index in [4.69, 9.17) is 11.6 Å². The van der Waals surface area contributed by atoms with Crippen LogP contribution in [0.25, 0.3) is 0 Å². The number of nitrogens with zero attached hydrogens (tertiary/aromatic N) is 2. The molecule has 0 aromatic carbocycles. The minimum atomic E-state index is 0.374. The maximum absolute atomic E-state index is 5.70. The van der Waals surface area contributed by atoms with Crippen molar-refractivity contribution >= 4 is 11.6 Å². The summed E-state index contributed by atoms with van der Waals surface area (Å²) in [5, 5.41) is 0.374. The lowest BCUT2D eigenvalue weighted by molar-refractivity contribution is 0.694. The second-order valence-electron chi connectivity index (χ2n) is 3.23. The molecule has 0 radical (unpaired) electrons. The van der Waals surface area contributed by atoms with Crippen LogP contribution in [0.3, 0.4) is 0 Å². The molecule has 0 atom stereocenters. The molecule has 1 heterocycles. The fourth-order valence-electron chi connectivity index (χ4n) is 1.80. The second-order valence-corrected chi connectivity index (χ2v) is 3.57. The van der Waals surface area contributed by atoms with Crippen molar-refractivity contribution in [3.05, 3.63) is 23.2 Å². The van der Waals surface area contributed by atoms with Gasteiger partial charge in [-0.15, -0.1) is 0 Å². The topological polar surface area (TPSA) is 25.8 Å². The van der Waals surface area contributed by atoms with Gasteiger partial charge < -0.3 is 0 Å². The molecule has 0 unspecified atom stereocenters. The highest BCUT2D eigenvalue weighted by molar-refractivity contribution is 6.28. The molecule has 0 amide bonds. The zero-order chi connectivity index (χ0) is 8.39. The van der Waals surface area contributed by atoms with Gasteiger partial charge >= 0.3 is 0 Å². The van der Waals surface area contributed by atoms with Gasteiger partial charge in [-0.2, -0.15) is 0 Å². The maximum Gasteiger partial charge on any atom is 0.222 e. The van der Waals surface area contributed by atoms with Crippen LogP contribution in [0.5, 0.6) is 0 Å². The third-order valence-electron chi connectivity index (χ3n) is 2.42. The molecule has 12 heavy (non-hydrogen) atoms. The van der Waals surface area contributed by atoms with Gasteiger partial charge in [-0.05, 0) is 30.5 Å². The van der Waals surface area contributed by atoms with E-state index in [1.165, 1.54) is 25.7 Å². The molecular formula is C9H11ClN2. The van der Waals surface area contributed by atoms with Crippen LogP contribution < -0.4 is 0 Å². The van der Waals surface area contributed by atoms with Gasteiger partial charge in [-0.3, -0.25) is 0 Å². The Labute approximate surface area is 77.0 Å². The van der Waals surface area contributed by atoms with Crippen molar-refractivity contribution in [1.82, 2.24) is 9.97 Å². The molecule has 0 saturated heterocycles. The van der Waals surface area contributed by atoms with Crippen LogP contribution >= 0.6 is 11.6 Å². The highest BCUT2D eigenvalue weighted by Crippen LogP contribution is 2.32. The standard InChI is InChI=1S/C9H11ClN2/c10-9-11-6-5-8(12-9)7-3-1-2-4-7/h5-7H,1-4H2. The van der Waals surface area contributed by atoms with Crippen molar-refractivity contribution in [3.63, 3.8) is 0 Å². The quantitative estimate of drug-likeness (QED) is 0.625. The summed E-state index contributed by atoms with van der Waals surface area (Å²) in [6.07, 6.45) is 6.91. The van der Waals surface area contributed by atoms with Crippen LogP contribution in [0, 0.1) is 0 Å². The van der Waals surface area contributed by atoms with E-state index in [0.717, 1.165) is 5.69 Å². The first-order valence-electron chi connectivity index (χ1n) is 4.35. The molecule has 1 aromatic heterocycles. The summed E-state index contributed by atoms with van der Waals surface area (Å²) in [4.78, 5) is 8.08. The van der Waals surface area contributed by atoms with E-state index in [0.29, 0.717) is 11.2 Å². The number of hydrogen-bond donors (Lipinski definition) is 0. The van der Waals surface area contributed by atoms with Crippen molar-refractivity contribution < 1.29 is 0 Å². The van der Waals surface area contributed by atoms with E-state index in [1.807, 2.05) is 6.07 Å². The Bertz CT molecular complexity index is 269. The third-order valence-corrected chi connectivity index (χ3v) is 2.60. The molecule has 1 aromatic rings. The fraction of sp³-hybridized carbons (Fsp3) is 0.556. The Hall–Kier alpha value is -0.630. The minimum absolute atomic E-state index is 0.374. The monoisotopic (exact) mass is 182 g/mol. The van der Waals surface area contributed by atoms with Crippen molar-refractivity contribution in [2.45, 2.75) is 31.6 Å². The minimum Gasteiger partial charge on any atom is -0.227 e. The molecule has 0 spiro atoms. The van der Waals surface area contributed by atoms with Crippen molar-refractivity contribution in [2.75, 3.05) is 0 Å². The Morgan fingerprint density at radius 1 is 1.33 bits per heavy atom. The molecule has 3 heteroatoms. The number of hydrogen-bond acceptors (Lipinski definition) is 2. The zero-order valence-corrected chi connectivity index (χ0v) is 7.59. The fourth-order valence-corrected chi connectivity index (χ4v) is 1.95. The summed E-state index contributed by atoms with van der Waals surface area (Å²) in [5.74, 6) is 0.630. The molecule has 2 rings (SSSR count). The Morgan fingerprint density at radius 2 is 2.08 bits per heavy atom. The van der Waals surface area contributed by atoms with Gasteiger partial charge in [0.25, 0.3) is 0 Å². The molecule has 64 valence electrons. The average Bonchev–Trinajstić information content (AvgIpc) is 2.56. The Kier molecular flexibility index (Phi) is 2.26. The van der Waals surface area contributed by atoms with E-state index in [1.54, 1.807) is 6.20 Å². The summed E-state index contributed by atoms with van der Waals surface area (Å²) in [7, 11) is 0. The first-order valence-corrected chi connectivity index (χ1v) is 4.72. The van der Waals surface area contributed by atoms with Crippen LogP contribution in [-0.2, 0) is 0 Å². The van der Waals surface area contributed by atoms with E-state index >= 15 is 0 Å². The summed E-state index contributed by atoms with van der Waals surface area (Å²) in [6, 6.07) is 1.97. The predicted molar refractivity (Wildman–Crippen MR) is 48.3 cm³/mol. The Balaban J connectivity index is 2.21. The summed E-state index contributed by atoms with van der Waals surface area (Å²) < 4.78 is 0. The molecule has 1 saturated carbocycles. The van der Waals surface area contributed by atoms with Gasteiger partial charge in [-0.1, -0.05) is 12.8 Å². The summed E-state index contributed by atoms with van der Waals surface area (Å²) in [6.45, 7) is 0. The molecule has 1 aliphatic rings. The summed E-state index contributed by atoms with van der Waals surface area (Å²) in [5.41, 5.74) is 1.12. The van der Waals surface area contributed by atoms with E-state index in [-0.39, 0.29) is 0 Å². The lowest BCUT2D eigenvalue weighted by Gasteiger charge is -2.06. The molecule has 0 bridgehead atoms. The van der Waals surface area contributed by atoms with Gasteiger partial charge in [0.1, 0.15) is 0 Å². The van der Waals surface area contributed by atoms with Crippen LogP contribution in [0.4, 0.5) is 0 Å². The van der Waals surface area contributed by atoms with Gasteiger partial charge in [0.2, 0.25) is 5.28 Å². The van der Waals surface area contributed by atoms with Crippen molar-refractivity contribution in [2.24, 2.45) is 0 Å². The highest BCUT2D eigenvalue weighted by atomic mass is 35.5. The van der Waals surface area contributed by atoms with Gasteiger partial charge in [0.15, 0.2) is 0 Å².